The summed E-state index contributed by atoms with van der Waals surface area (Å²) in [5.74, 6) is -1.35. The summed E-state index contributed by atoms with van der Waals surface area (Å²) < 4.78 is 37.8. The number of rotatable bonds is 8. The normalized spacial score (nSPS) is 21.0. The molecule has 0 unspecified atom stereocenters. The Morgan fingerprint density at radius 3 is 2.38 bits per heavy atom. The van der Waals surface area contributed by atoms with Crippen molar-refractivity contribution in [3.63, 3.8) is 0 Å². The van der Waals surface area contributed by atoms with Gasteiger partial charge in [0, 0.05) is 26.5 Å². The van der Waals surface area contributed by atoms with E-state index in [9.17, 15) is 28.1 Å². The fraction of sp³-hybridized carbons (Fsp3) is 0.333. The number of benzene rings is 1. The van der Waals surface area contributed by atoms with Gasteiger partial charge in [0.05, 0.1) is 11.0 Å². The second-order valence-corrected chi connectivity index (χ2v) is 7.97. The van der Waals surface area contributed by atoms with E-state index in [0.29, 0.717) is 0 Å². The van der Waals surface area contributed by atoms with Gasteiger partial charge in [-0.05, 0) is 12.1 Å². The van der Waals surface area contributed by atoms with Crippen LogP contribution in [-0.4, -0.2) is 54.4 Å². The average Bonchev–Trinajstić information content (AvgIpc) is 3.00. The molecule has 0 heterocycles. The number of nitro benzene ring substituents is 1. The Balaban J connectivity index is 2.53. The molecule has 1 aliphatic carbocycles. The first-order valence-corrected chi connectivity index (χ1v) is 9.92. The van der Waals surface area contributed by atoms with Crippen molar-refractivity contribution in [1.29, 1.82) is 0 Å². The lowest BCUT2D eigenvalue weighted by molar-refractivity contribution is -0.387. The van der Waals surface area contributed by atoms with Gasteiger partial charge < -0.3 is 9.47 Å². The number of hydrogen-bond donors (Lipinski definition) is 0. The molecule has 0 aliphatic heterocycles. The third kappa shape index (κ3) is 4.87. The highest BCUT2D eigenvalue weighted by atomic mass is 32.2. The zero-order valence-electron chi connectivity index (χ0n) is 15.8. The maximum absolute atomic E-state index is 13.3. The summed E-state index contributed by atoms with van der Waals surface area (Å²) in [7, 11) is -4.41. The van der Waals surface area contributed by atoms with Crippen molar-refractivity contribution >= 4 is 27.6 Å². The molecule has 156 valence electrons. The van der Waals surface area contributed by atoms with Gasteiger partial charge in [-0.2, -0.15) is 4.31 Å². The Labute approximate surface area is 167 Å². The predicted molar refractivity (Wildman–Crippen MR) is 101 cm³/mol. The van der Waals surface area contributed by atoms with Crippen molar-refractivity contribution in [3.05, 3.63) is 59.2 Å². The van der Waals surface area contributed by atoms with E-state index in [1.807, 2.05) is 0 Å². The Hall–Kier alpha value is -3.05. The quantitative estimate of drug-likeness (QED) is 0.266. The average molecular weight is 424 g/mol. The first-order chi connectivity index (χ1) is 13.6. The molecule has 0 fully saturated rings. The first kappa shape index (κ1) is 22.2. The molecule has 0 saturated heterocycles. The highest BCUT2D eigenvalue weighted by Gasteiger charge is 2.45. The number of carbonyl (C=O) groups excluding carboxylic acids is 2. The van der Waals surface area contributed by atoms with Crippen LogP contribution in [0.15, 0.2) is 54.0 Å². The number of nitrogens with zero attached hydrogens (tertiary/aromatic N) is 2. The van der Waals surface area contributed by atoms with Crippen LogP contribution in [0, 0.1) is 10.1 Å². The molecule has 1 aliphatic rings. The molecule has 3 atom stereocenters. The monoisotopic (exact) mass is 424 g/mol. The van der Waals surface area contributed by atoms with Crippen LogP contribution >= 0.6 is 0 Å². The van der Waals surface area contributed by atoms with Crippen molar-refractivity contribution in [3.8, 4) is 0 Å². The van der Waals surface area contributed by atoms with Gasteiger partial charge in [-0.25, -0.2) is 8.42 Å². The second-order valence-electron chi connectivity index (χ2n) is 6.11. The van der Waals surface area contributed by atoms with Gasteiger partial charge >= 0.3 is 11.9 Å². The van der Waals surface area contributed by atoms with Gasteiger partial charge in [0.2, 0.25) is 0 Å². The fourth-order valence-electron chi connectivity index (χ4n) is 2.98. The van der Waals surface area contributed by atoms with Crippen LogP contribution in [0.1, 0.15) is 13.8 Å². The predicted octanol–water partition coefficient (Wildman–Crippen LogP) is 1.57. The molecular formula is C18H20N2O8S. The number of sulfonamides is 1. The molecule has 11 heteroatoms. The van der Waals surface area contributed by atoms with E-state index >= 15 is 0 Å². The van der Waals surface area contributed by atoms with Gasteiger partial charge in [-0.1, -0.05) is 24.3 Å². The third-order valence-electron chi connectivity index (χ3n) is 4.05. The molecule has 0 saturated carbocycles. The molecule has 10 nitrogen and oxygen atoms in total. The van der Waals surface area contributed by atoms with Crippen LogP contribution in [-0.2, 0) is 29.1 Å². The number of esters is 2. The largest absolute Gasteiger partial charge is 0.456 e. The highest BCUT2D eigenvalue weighted by Crippen LogP contribution is 2.32. The maximum atomic E-state index is 13.3. The van der Waals surface area contributed by atoms with E-state index < -0.39 is 55.7 Å². The molecular weight excluding hydrogens is 404 g/mol. The van der Waals surface area contributed by atoms with Crippen molar-refractivity contribution in [1.82, 2.24) is 4.31 Å². The van der Waals surface area contributed by atoms with E-state index in [0.717, 1.165) is 30.3 Å². The summed E-state index contributed by atoms with van der Waals surface area (Å²) in [6.45, 7) is 5.60. The van der Waals surface area contributed by atoms with E-state index in [-0.39, 0.29) is 6.54 Å². The van der Waals surface area contributed by atoms with Crippen molar-refractivity contribution in [2.24, 2.45) is 0 Å². The summed E-state index contributed by atoms with van der Waals surface area (Å²) in [6.07, 6.45) is 1.95. The minimum absolute atomic E-state index is 0.228. The summed E-state index contributed by atoms with van der Waals surface area (Å²) in [6, 6.07) is 3.84. The summed E-state index contributed by atoms with van der Waals surface area (Å²) >= 11 is 0. The molecule has 1 aromatic rings. The number of nitro groups is 1. The maximum Gasteiger partial charge on any atom is 0.303 e. The van der Waals surface area contributed by atoms with E-state index in [4.69, 9.17) is 9.47 Å². The van der Waals surface area contributed by atoms with Crippen molar-refractivity contribution in [2.75, 3.05) is 6.54 Å². The summed E-state index contributed by atoms with van der Waals surface area (Å²) in [5, 5.41) is 11.3. The molecule has 0 N–H and O–H groups in total. The van der Waals surface area contributed by atoms with E-state index in [2.05, 4.69) is 6.58 Å². The molecule has 0 aromatic heterocycles. The zero-order valence-corrected chi connectivity index (χ0v) is 16.6. The Bertz CT molecular complexity index is 956. The molecule has 29 heavy (non-hydrogen) atoms. The summed E-state index contributed by atoms with van der Waals surface area (Å²) in [5.41, 5.74) is -0.593. The standard InChI is InChI=1S/C18H20N2O8S/c1-4-11-19(29(25,26)17-8-6-5-7-14(17)20(23)24)15-9-10-16(27-12(2)21)18(15)28-13(3)22/h4-10,15-16,18H,1,11H2,2-3H3/t15-,16-,18+/m1/s1. The Kier molecular flexibility index (Phi) is 6.88. The van der Waals surface area contributed by atoms with Crippen LogP contribution < -0.4 is 0 Å². The van der Waals surface area contributed by atoms with Crippen LogP contribution in [0.5, 0.6) is 0 Å². The highest BCUT2D eigenvalue weighted by molar-refractivity contribution is 7.89. The smallest absolute Gasteiger partial charge is 0.303 e. The lowest BCUT2D eigenvalue weighted by Crippen LogP contribution is -2.49. The molecule has 2 rings (SSSR count). The minimum atomic E-state index is -4.41. The van der Waals surface area contributed by atoms with Gasteiger partial charge in [0.1, 0.15) is 0 Å². The third-order valence-corrected chi connectivity index (χ3v) is 5.96. The SMILES string of the molecule is C=CCN([C@@H]1C=C[C@@H](OC(C)=O)[C@H]1OC(C)=O)S(=O)(=O)c1ccccc1[N+](=O)[O-]. The minimum Gasteiger partial charge on any atom is -0.456 e. The lowest BCUT2D eigenvalue weighted by atomic mass is 10.1. The van der Waals surface area contributed by atoms with Crippen molar-refractivity contribution < 1.29 is 32.4 Å². The number of ether oxygens (including phenoxy) is 2. The number of carbonyl (C=O) groups is 2. The number of hydrogen-bond acceptors (Lipinski definition) is 8. The molecule has 0 amide bonds. The van der Waals surface area contributed by atoms with Gasteiger partial charge in [0.25, 0.3) is 15.7 Å². The molecule has 0 spiro atoms. The van der Waals surface area contributed by atoms with Crippen LogP contribution in [0.25, 0.3) is 0 Å². The topological polar surface area (TPSA) is 133 Å². The van der Waals surface area contributed by atoms with Crippen molar-refractivity contribution in [2.45, 2.75) is 37.0 Å². The summed E-state index contributed by atoms with van der Waals surface area (Å²) in [4.78, 5) is 32.9. The Morgan fingerprint density at radius 2 is 1.83 bits per heavy atom. The fourth-order valence-corrected chi connectivity index (χ4v) is 4.71. The zero-order chi connectivity index (χ0) is 21.8. The second kappa shape index (κ2) is 8.97. The number of para-hydroxylation sites is 1. The molecule has 0 radical (unpaired) electrons. The molecule has 1 aromatic carbocycles. The van der Waals surface area contributed by atoms with E-state index in [1.165, 1.54) is 30.4 Å². The Morgan fingerprint density at radius 1 is 1.21 bits per heavy atom. The lowest BCUT2D eigenvalue weighted by Gasteiger charge is -2.32. The van der Waals surface area contributed by atoms with Crippen LogP contribution in [0.3, 0.4) is 0 Å². The van der Waals surface area contributed by atoms with E-state index in [1.54, 1.807) is 0 Å². The van der Waals surface area contributed by atoms with Gasteiger partial charge in [-0.3, -0.25) is 19.7 Å². The van der Waals surface area contributed by atoms with Crippen LogP contribution in [0.2, 0.25) is 0 Å². The van der Waals surface area contributed by atoms with Crippen LogP contribution in [0.4, 0.5) is 5.69 Å². The first-order valence-electron chi connectivity index (χ1n) is 8.48. The van der Waals surface area contributed by atoms with Gasteiger partial charge in [-0.15, -0.1) is 6.58 Å². The van der Waals surface area contributed by atoms with Gasteiger partial charge in [0.15, 0.2) is 17.1 Å². The molecule has 0 bridgehead atoms.